The van der Waals surface area contributed by atoms with Gasteiger partial charge in [0.2, 0.25) is 15.9 Å². The number of hydrogen-bond acceptors (Lipinski definition) is 6. The van der Waals surface area contributed by atoms with Crippen LogP contribution in [0.25, 0.3) is 0 Å². The lowest BCUT2D eigenvalue weighted by molar-refractivity contribution is -0.117. The summed E-state index contributed by atoms with van der Waals surface area (Å²) in [7, 11) is -3.51. The molecule has 0 radical (unpaired) electrons. The summed E-state index contributed by atoms with van der Waals surface area (Å²) in [5.41, 5.74) is 2.33. The molecule has 2 aromatic carbocycles. The molecule has 33 heavy (non-hydrogen) atoms. The number of sulfonamides is 1. The van der Waals surface area contributed by atoms with Crippen LogP contribution in [0.5, 0.6) is 0 Å². The highest BCUT2D eigenvalue weighted by molar-refractivity contribution is 7.89. The minimum Gasteiger partial charge on any atom is -0.325 e. The Labute approximate surface area is 195 Å². The third-order valence-corrected chi connectivity index (χ3v) is 8.04. The quantitative estimate of drug-likeness (QED) is 0.670. The molecule has 9 heteroatoms. The first-order valence-corrected chi connectivity index (χ1v) is 12.7. The van der Waals surface area contributed by atoms with Gasteiger partial charge in [-0.05, 0) is 48.7 Å². The van der Waals surface area contributed by atoms with Gasteiger partial charge in [-0.1, -0.05) is 18.2 Å². The van der Waals surface area contributed by atoms with Crippen LogP contribution in [0.1, 0.15) is 24.0 Å². The monoisotopic (exact) mass is 467 g/mol. The molecule has 1 amide bonds. The van der Waals surface area contributed by atoms with Crippen LogP contribution >= 0.6 is 0 Å². The molecule has 0 unspecified atom stereocenters. The first-order chi connectivity index (χ1) is 15.9. The molecule has 2 heterocycles. The van der Waals surface area contributed by atoms with Gasteiger partial charge in [0.1, 0.15) is 0 Å². The fraction of sp³-hybridized carbons (Fsp3) is 0.417. The van der Waals surface area contributed by atoms with Crippen LogP contribution in [-0.2, 0) is 21.4 Å². The molecule has 8 nitrogen and oxygen atoms in total. The summed E-state index contributed by atoms with van der Waals surface area (Å²) < 4.78 is 27.0. The lowest BCUT2D eigenvalue weighted by atomic mass is 10.1. The topological polar surface area (TPSA) is 96.7 Å². The Hall–Kier alpha value is -2.77. The fourth-order valence-corrected chi connectivity index (χ4v) is 5.83. The Morgan fingerprint density at radius 3 is 2.27 bits per heavy atom. The summed E-state index contributed by atoms with van der Waals surface area (Å²) in [6.07, 6.45) is 1.77. The predicted octanol–water partition coefficient (Wildman–Crippen LogP) is 2.10. The number of nitrogens with one attached hydrogen (secondary N) is 1. The first kappa shape index (κ1) is 23.4. The van der Waals surface area contributed by atoms with E-state index in [1.165, 1.54) is 9.87 Å². The number of amides is 1. The lowest BCUT2D eigenvalue weighted by Gasteiger charge is -2.34. The maximum absolute atomic E-state index is 12.8. The molecule has 2 aromatic rings. The van der Waals surface area contributed by atoms with Crippen molar-refractivity contribution in [1.29, 1.82) is 5.26 Å². The van der Waals surface area contributed by atoms with Gasteiger partial charge in [-0.3, -0.25) is 14.6 Å². The summed E-state index contributed by atoms with van der Waals surface area (Å²) in [5.74, 6) is -0.147. The predicted molar refractivity (Wildman–Crippen MR) is 126 cm³/mol. The van der Waals surface area contributed by atoms with E-state index in [0.717, 1.165) is 45.6 Å². The molecule has 0 atom stereocenters. The summed E-state index contributed by atoms with van der Waals surface area (Å²) >= 11 is 0. The van der Waals surface area contributed by atoms with Crippen molar-refractivity contribution >= 4 is 21.6 Å². The number of hydrogen-bond donors (Lipinski definition) is 1. The zero-order chi connectivity index (χ0) is 23.3. The van der Waals surface area contributed by atoms with E-state index in [4.69, 9.17) is 5.26 Å². The van der Waals surface area contributed by atoms with Gasteiger partial charge in [0.25, 0.3) is 0 Å². The number of piperazine rings is 1. The SMILES string of the molecule is N#Cc1ccc(CN2CCN(CC(=O)Nc3cccc(S(=O)(=O)N4CCCC4)c3)CC2)cc1. The van der Waals surface area contributed by atoms with Crippen LogP contribution in [0.4, 0.5) is 5.69 Å². The Morgan fingerprint density at radius 2 is 1.61 bits per heavy atom. The van der Waals surface area contributed by atoms with Crippen LogP contribution in [0, 0.1) is 11.3 Å². The molecular weight excluding hydrogens is 438 g/mol. The van der Waals surface area contributed by atoms with E-state index in [1.807, 2.05) is 24.3 Å². The Morgan fingerprint density at radius 1 is 0.939 bits per heavy atom. The van der Waals surface area contributed by atoms with E-state index in [-0.39, 0.29) is 17.3 Å². The molecule has 1 N–H and O–H groups in total. The second-order valence-electron chi connectivity index (χ2n) is 8.55. The fourth-order valence-electron chi connectivity index (χ4n) is 4.26. The van der Waals surface area contributed by atoms with Gasteiger partial charge in [-0.15, -0.1) is 0 Å². The van der Waals surface area contributed by atoms with Gasteiger partial charge < -0.3 is 5.32 Å². The number of carbonyl (C=O) groups excluding carboxylic acids is 1. The molecule has 0 aromatic heterocycles. The van der Waals surface area contributed by atoms with Crippen molar-refractivity contribution in [3.63, 3.8) is 0 Å². The zero-order valence-electron chi connectivity index (χ0n) is 18.6. The van der Waals surface area contributed by atoms with Gasteiger partial charge in [0, 0.05) is 51.5 Å². The van der Waals surface area contributed by atoms with Gasteiger partial charge >= 0.3 is 0 Å². The van der Waals surface area contributed by atoms with E-state index in [9.17, 15) is 13.2 Å². The van der Waals surface area contributed by atoms with Crippen molar-refractivity contribution in [3.8, 4) is 6.07 Å². The molecule has 0 bridgehead atoms. The molecule has 0 saturated carbocycles. The third kappa shape index (κ3) is 5.97. The van der Waals surface area contributed by atoms with E-state index in [1.54, 1.807) is 24.3 Å². The number of nitriles is 1. The molecule has 0 spiro atoms. The average Bonchev–Trinajstić information content (AvgIpc) is 3.37. The van der Waals surface area contributed by atoms with Gasteiger partial charge in [-0.2, -0.15) is 9.57 Å². The molecule has 2 fully saturated rings. The normalized spacial score (nSPS) is 18.2. The zero-order valence-corrected chi connectivity index (χ0v) is 19.4. The first-order valence-electron chi connectivity index (χ1n) is 11.3. The summed E-state index contributed by atoms with van der Waals surface area (Å²) in [5, 5.41) is 11.8. The Bertz CT molecular complexity index is 1110. The van der Waals surface area contributed by atoms with Crippen LogP contribution in [0.15, 0.2) is 53.4 Å². The molecule has 0 aliphatic carbocycles. The maximum Gasteiger partial charge on any atom is 0.243 e. The standard InChI is InChI=1S/C24H29N5O3S/c25-17-20-6-8-21(9-7-20)18-27-12-14-28(15-13-27)19-24(30)26-22-4-3-5-23(16-22)33(31,32)29-10-1-2-11-29/h3-9,16H,1-2,10-15,18-19H2,(H,26,30). The number of carbonyl (C=O) groups is 1. The molecule has 2 aliphatic rings. The second-order valence-corrected chi connectivity index (χ2v) is 10.5. The van der Waals surface area contributed by atoms with Crippen molar-refractivity contribution < 1.29 is 13.2 Å². The van der Waals surface area contributed by atoms with Crippen molar-refractivity contribution in [1.82, 2.24) is 14.1 Å². The van der Waals surface area contributed by atoms with E-state index >= 15 is 0 Å². The van der Waals surface area contributed by atoms with Crippen molar-refractivity contribution in [2.24, 2.45) is 0 Å². The van der Waals surface area contributed by atoms with Crippen LogP contribution in [0.3, 0.4) is 0 Å². The van der Waals surface area contributed by atoms with Crippen LogP contribution < -0.4 is 5.32 Å². The lowest BCUT2D eigenvalue weighted by Crippen LogP contribution is -2.48. The molecular formula is C24H29N5O3S. The van der Waals surface area contributed by atoms with E-state index in [2.05, 4.69) is 21.2 Å². The Kier molecular flexibility index (Phi) is 7.40. The van der Waals surface area contributed by atoms with Gasteiger partial charge in [-0.25, -0.2) is 8.42 Å². The highest BCUT2D eigenvalue weighted by atomic mass is 32.2. The van der Waals surface area contributed by atoms with E-state index in [0.29, 0.717) is 24.3 Å². The second kappa shape index (κ2) is 10.4. The van der Waals surface area contributed by atoms with Crippen molar-refractivity contribution in [3.05, 3.63) is 59.7 Å². The average molecular weight is 468 g/mol. The van der Waals surface area contributed by atoms with Gasteiger partial charge in [0.15, 0.2) is 0 Å². The summed E-state index contributed by atoms with van der Waals surface area (Å²) in [6, 6.07) is 16.3. The smallest absolute Gasteiger partial charge is 0.243 e. The number of benzene rings is 2. The number of rotatable bonds is 7. The van der Waals surface area contributed by atoms with Crippen LogP contribution in [0.2, 0.25) is 0 Å². The Balaban J connectivity index is 1.26. The van der Waals surface area contributed by atoms with Crippen molar-refractivity contribution in [2.75, 3.05) is 51.1 Å². The summed E-state index contributed by atoms with van der Waals surface area (Å²) in [6.45, 7) is 5.48. The molecule has 4 rings (SSSR count). The highest BCUT2D eigenvalue weighted by Gasteiger charge is 2.27. The summed E-state index contributed by atoms with van der Waals surface area (Å²) in [4.78, 5) is 17.2. The number of anilines is 1. The highest BCUT2D eigenvalue weighted by Crippen LogP contribution is 2.23. The molecule has 2 aliphatic heterocycles. The maximum atomic E-state index is 12.8. The largest absolute Gasteiger partial charge is 0.325 e. The molecule has 174 valence electrons. The van der Waals surface area contributed by atoms with Crippen LogP contribution in [-0.4, -0.2) is 74.2 Å². The minimum absolute atomic E-state index is 0.147. The minimum atomic E-state index is -3.51. The third-order valence-electron chi connectivity index (χ3n) is 6.14. The number of nitrogens with zero attached hydrogens (tertiary/aromatic N) is 4. The van der Waals surface area contributed by atoms with Crippen molar-refractivity contribution in [2.45, 2.75) is 24.3 Å². The molecule has 2 saturated heterocycles. The van der Waals surface area contributed by atoms with Gasteiger partial charge in [0.05, 0.1) is 23.1 Å². The van der Waals surface area contributed by atoms with E-state index < -0.39 is 10.0 Å².